The molecule has 0 aromatic heterocycles. The van der Waals surface area contributed by atoms with Crippen molar-refractivity contribution in [1.82, 2.24) is 0 Å². The summed E-state index contributed by atoms with van der Waals surface area (Å²) in [6, 6.07) is 0. The first-order valence-electron chi connectivity index (χ1n) is 1.71. The maximum atomic E-state index is 3.09. The Morgan fingerprint density at radius 3 is 2.20 bits per heavy atom. The Morgan fingerprint density at radius 2 is 2.20 bits per heavy atom. The molecule has 0 fully saturated rings. The molecule has 0 aliphatic heterocycles. The van der Waals surface area contributed by atoms with Gasteiger partial charge in [0.1, 0.15) is 0 Å². The first-order chi connectivity index (χ1) is 2.39. The summed E-state index contributed by atoms with van der Waals surface area (Å²) in [6.45, 7) is 0. The second kappa shape index (κ2) is 1.24. The maximum absolute atomic E-state index is 3.09. The Kier molecular flexibility index (Phi) is 0.892. The van der Waals surface area contributed by atoms with Gasteiger partial charge in [0.2, 0.25) is 0 Å². The molecule has 1 aliphatic carbocycles. The summed E-state index contributed by atoms with van der Waals surface area (Å²) < 4.78 is 1.41. The van der Waals surface area contributed by atoms with E-state index in [9.17, 15) is 0 Å². The van der Waals surface area contributed by atoms with E-state index in [1.807, 2.05) is 0 Å². The zero-order chi connectivity index (χ0) is 3.70. The molecule has 0 spiro atoms. The molecule has 31 valence electrons. The van der Waals surface area contributed by atoms with Crippen LogP contribution in [0.5, 0.6) is 0 Å². The third kappa shape index (κ3) is 0.620. The van der Waals surface area contributed by atoms with E-state index < -0.39 is 0 Å². The topological polar surface area (TPSA) is 0 Å². The molecule has 1 rings (SSSR count). The Morgan fingerprint density at radius 1 is 1.80 bits per heavy atom. The normalized spacial score (nSPS) is 20.8. The van der Waals surface area contributed by atoms with Gasteiger partial charge in [-0.05, 0) is 0 Å². The first kappa shape index (κ1) is 3.59. The van der Waals surface area contributed by atoms with Gasteiger partial charge in [-0.3, -0.25) is 0 Å². The third-order valence-corrected chi connectivity index (χ3v) is 1.43. The molecule has 1 heteroatoms. The molecule has 1 aliphatic rings. The fourth-order valence-corrected chi connectivity index (χ4v) is 0.684. The molecule has 5 heavy (non-hydrogen) atoms. The van der Waals surface area contributed by atoms with Crippen molar-refractivity contribution in [3.8, 4) is 0 Å². The van der Waals surface area contributed by atoms with Gasteiger partial charge < -0.3 is 0 Å². The average Bonchev–Trinajstić information content (AvgIpc) is 1.30. The zero-order valence-corrected chi connectivity index (χ0v) is 4.36. The number of hydrogen-bond acceptors (Lipinski definition) is 0. The van der Waals surface area contributed by atoms with Crippen molar-refractivity contribution in [2.24, 2.45) is 0 Å². The van der Waals surface area contributed by atoms with E-state index in [2.05, 4.69) is 25.3 Å². The van der Waals surface area contributed by atoms with Crippen LogP contribution in [0, 0.1) is 0 Å². The first-order valence-corrected chi connectivity index (χ1v) is 2.49. The number of hydrogen-bond donors (Lipinski definition) is 0. The van der Waals surface area contributed by atoms with Crippen LogP contribution in [0.4, 0.5) is 0 Å². The van der Waals surface area contributed by atoms with Crippen molar-refractivity contribution in [3.63, 3.8) is 0 Å². The van der Waals surface area contributed by atoms with Gasteiger partial charge in [0.25, 0.3) is 0 Å². The van der Waals surface area contributed by atoms with Gasteiger partial charge in [0.15, 0.2) is 0 Å². The molecule has 0 unspecified atom stereocenters. The fourth-order valence-electron chi connectivity index (χ4n) is 0.236. The molecule has 0 aromatic carbocycles. The van der Waals surface area contributed by atoms with Crippen LogP contribution in [0.25, 0.3) is 0 Å². The SMILES string of the molecule is [Pd][C]1=CCC1. The summed E-state index contributed by atoms with van der Waals surface area (Å²) in [6.07, 6.45) is 4.77. The minimum absolute atomic E-state index is 1.28. The van der Waals surface area contributed by atoms with Crippen LogP contribution in [0.2, 0.25) is 0 Å². The van der Waals surface area contributed by atoms with Crippen LogP contribution in [-0.2, 0) is 19.2 Å². The van der Waals surface area contributed by atoms with E-state index >= 15 is 0 Å². The van der Waals surface area contributed by atoms with E-state index in [0.717, 1.165) is 0 Å². The average molecular weight is 160 g/mol. The van der Waals surface area contributed by atoms with Gasteiger partial charge in [0.05, 0.1) is 0 Å². The molecule has 0 aromatic rings. The van der Waals surface area contributed by atoms with Crippen molar-refractivity contribution in [3.05, 3.63) is 10.1 Å². The molecule has 0 heterocycles. The summed E-state index contributed by atoms with van der Waals surface area (Å²) in [5.74, 6) is 0. The summed E-state index contributed by atoms with van der Waals surface area (Å²) in [4.78, 5) is 0. The zero-order valence-electron chi connectivity index (χ0n) is 2.81. The Labute approximate surface area is 42.7 Å². The third-order valence-electron chi connectivity index (χ3n) is 0.721. The molecule has 0 N–H and O–H groups in total. The van der Waals surface area contributed by atoms with Crippen LogP contribution in [-0.4, -0.2) is 0 Å². The fraction of sp³-hybridized carbons (Fsp3) is 0.500. The van der Waals surface area contributed by atoms with Crippen molar-refractivity contribution in [2.75, 3.05) is 0 Å². The summed E-state index contributed by atoms with van der Waals surface area (Å²) in [5.41, 5.74) is 0. The van der Waals surface area contributed by atoms with Gasteiger partial charge in [-0.25, -0.2) is 0 Å². The van der Waals surface area contributed by atoms with Crippen LogP contribution in [0.1, 0.15) is 12.8 Å². The van der Waals surface area contributed by atoms with E-state index in [1.54, 1.807) is 0 Å². The van der Waals surface area contributed by atoms with Crippen LogP contribution < -0.4 is 0 Å². The Balaban J connectivity index is 2.51. The predicted octanol–water partition coefficient (Wildman–Crippen LogP) is 1.21. The van der Waals surface area contributed by atoms with Crippen LogP contribution in [0.15, 0.2) is 10.1 Å². The van der Waals surface area contributed by atoms with Crippen molar-refractivity contribution in [2.45, 2.75) is 12.8 Å². The van der Waals surface area contributed by atoms with Crippen LogP contribution in [0.3, 0.4) is 0 Å². The Hall–Kier alpha value is 0.402. The summed E-state index contributed by atoms with van der Waals surface area (Å²) in [5, 5.41) is 0. The monoisotopic (exact) mass is 159 g/mol. The van der Waals surface area contributed by atoms with Crippen LogP contribution >= 0.6 is 0 Å². The summed E-state index contributed by atoms with van der Waals surface area (Å²) >= 11 is 3.09. The van der Waals surface area contributed by atoms with Crippen molar-refractivity contribution in [1.29, 1.82) is 0 Å². The van der Waals surface area contributed by atoms with Crippen molar-refractivity contribution >= 4 is 0 Å². The molecule has 0 amide bonds. The molecular weight excluding hydrogens is 154 g/mol. The van der Waals surface area contributed by atoms with Gasteiger partial charge in [-0.2, -0.15) is 0 Å². The van der Waals surface area contributed by atoms with E-state index in [4.69, 9.17) is 0 Å². The quantitative estimate of drug-likeness (QED) is 0.466. The molecule has 0 saturated heterocycles. The Bertz CT molecular complexity index is 64.0. The molecule has 0 nitrogen and oxygen atoms in total. The van der Waals surface area contributed by atoms with Gasteiger partial charge >= 0.3 is 42.2 Å². The second-order valence-corrected chi connectivity index (χ2v) is 2.15. The molecular formula is C4H5Pd. The minimum atomic E-state index is 1.28. The second-order valence-electron chi connectivity index (χ2n) is 1.15. The van der Waals surface area contributed by atoms with Gasteiger partial charge in [0, 0.05) is 0 Å². The standard InChI is InChI=1S/C4H5.Pd/c1-2-4-3-1;/h1H,2,4H2;. The predicted molar refractivity (Wildman–Crippen MR) is 17.3 cm³/mol. The molecule has 0 bridgehead atoms. The molecule has 0 radical (unpaired) electrons. The van der Waals surface area contributed by atoms with E-state index in [-0.39, 0.29) is 0 Å². The molecule has 0 saturated carbocycles. The van der Waals surface area contributed by atoms with Crippen molar-refractivity contribution < 1.29 is 19.2 Å². The van der Waals surface area contributed by atoms with Gasteiger partial charge in [-0.15, -0.1) is 0 Å². The van der Waals surface area contributed by atoms with E-state index in [0.29, 0.717) is 0 Å². The number of allylic oxidation sites excluding steroid dienone is 2. The van der Waals surface area contributed by atoms with Gasteiger partial charge in [-0.1, -0.05) is 0 Å². The summed E-state index contributed by atoms with van der Waals surface area (Å²) in [7, 11) is 0. The molecule has 0 atom stereocenters. The van der Waals surface area contributed by atoms with E-state index in [1.165, 1.54) is 16.9 Å². The number of rotatable bonds is 0.